The minimum atomic E-state index is -0.589. The van der Waals surface area contributed by atoms with Crippen molar-refractivity contribution in [2.45, 2.75) is 50.8 Å². The van der Waals surface area contributed by atoms with Crippen LogP contribution < -0.4 is 9.54 Å². The number of thiazole rings is 1. The van der Waals surface area contributed by atoms with Crippen molar-refractivity contribution >= 4 is 21.6 Å². The molecular formula is C22H26N2O2S. The molecule has 0 saturated heterocycles. The predicted octanol–water partition coefficient (Wildman–Crippen LogP) is 4.38. The van der Waals surface area contributed by atoms with Gasteiger partial charge in [0, 0.05) is 0 Å². The molecular weight excluding hydrogens is 356 g/mol. The summed E-state index contributed by atoms with van der Waals surface area (Å²) in [5.41, 5.74) is 1.14. The first-order valence-corrected chi connectivity index (χ1v) is 10.6. The van der Waals surface area contributed by atoms with Gasteiger partial charge < -0.3 is 14.4 Å². The average Bonchev–Trinajstić information content (AvgIpc) is 3.05. The van der Waals surface area contributed by atoms with E-state index in [2.05, 4.69) is 22.8 Å². The molecule has 0 bridgehead atoms. The molecule has 1 fully saturated rings. The molecule has 2 aromatic carbocycles. The van der Waals surface area contributed by atoms with Gasteiger partial charge in [-0.05, 0) is 37.1 Å². The van der Waals surface area contributed by atoms with Crippen LogP contribution in [0.1, 0.15) is 32.1 Å². The number of para-hydroxylation sites is 2. The Balaban J connectivity index is 1.55. The molecule has 1 heterocycles. The number of hydrogen-bond donors (Lipinski definition) is 1. The first-order valence-electron chi connectivity index (χ1n) is 9.78. The molecule has 142 valence electrons. The Bertz CT molecular complexity index is 926. The molecule has 0 amide bonds. The fourth-order valence-corrected chi connectivity index (χ4v) is 4.75. The maximum absolute atomic E-state index is 10.6. The van der Waals surface area contributed by atoms with E-state index in [4.69, 9.17) is 9.73 Å². The molecule has 3 aromatic rings. The summed E-state index contributed by atoms with van der Waals surface area (Å²) < 4.78 is 9.10. The number of hydrogen-bond acceptors (Lipinski definition) is 4. The highest BCUT2D eigenvalue weighted by atomic mass is 32.1. The molecule has 0 radical (unpaired) electrons. The van der Waals surface area contributed by atoms with Gasteiger partial charge >= 0.3 is 0 Å². The standard InChI is InChI=1S/C22H26N2O2S/c25-18(16-26-19-11-5-2-6-12-19)15-24-20-13-7-8-14-21(20)27-22(24)23-17-9-3-1-4-10-17/h2,5-8,11-14,17-18,25H,1,3-4,9-10,15-16H2/t18-/m0/s1. The lowest BCUT2D eigenvalue weighted by Crippen LogP contribution is -2.29. The number of aliphatic hydroxyl groups excluding tert-OH is 1. The molecule has 1 saturated carbocycles. The minimum absolute atomic E-state index is 0.268. The van der Waals surface area contributed by atoms with Gasteiger partial charge in [-0.1, -0.05) is 60.9 Å². The van der Waals surface area contributed by atoms with Crippen molar-refractivity contribution in [1.29, 1.82) is 0 Å². The SMILES string of the molecule is O[C@H](COc1ccccc1)Cn1c(=NC2CCCCC2)sc2ccccc21. The van der Waals surface area contributed by atoms with Gasteiger partial charge in [0.25, 0.3) is 0 Å². The first kappa shape index (κ1) is 18.3. The summed E-state index contributed by atoms with van der Waals surface area (Å²) in [4.78, 5) is 6.07. The second-order valence-corrected chi connectivity index (χ2v) is 8.17. The van der Waals surface area contributed by atoms with Crippen LogP contribution in [0, 0.1) is 0 Å². The fraction of sp³-hybridized carbons (Fsp3) is 0.409. The van der Waals surface area contributed by atoms with Crippen LogP contribution in [-0.4, -0.2) is 28.4 Å². The van der Waals surface area contributed by atoms with Gasteiger partial charge in [-0.25, -0.2) is 0 Å². The van der Waals surface area contributed by atoms with Crippen molar-refractivity contribution < 1.29 is 9.84 Å². The Morgan fingerprint density at radius 2 is 1.78 bits per heavy atom. The van der Waals surface area contributed by atoms with Crippen LogP contribution in [0.3, 0.4) is 0 Å². The Labute approximate surface area is 163 Å². The van der Waals surface area contributed by atoms with Gasteiger partial charge in [-0.2, -0.15) is 0 Å². The van der Waals surface area contributed by atoms with Gasteiger partial charge in [-0.15, -0.1) is 0 Å². The summed E-state index contributed by atoms with van der Waals surface area (Å²) in [7, 11) is 0. The summed E-state index contributed by atoms with van der Waals surface area (Å²) in [6.07, 6.45) is 5.63. The summed E-state index contributed by atoms with van der Waals surface area (Å²) in [6, 6.07) is 18.4. The van der Waals surface area contributed by atoms with Gasteiger partial charge in [0.05, 0.1) is 22.8 Å². The van der Waals surface area contributed by atoms with Gasteiger partial charge in [0.15, 0.2) is 4.80 Å². The highest BCUT2D eigenvalue weighted by Crippen LogP contribution is 2.22. The third-order valence-electron chi connectivity index (χ3n) is 5.03. The lowest BCUT2D eigenvalue weighted by atomic mass is 9.96. The molecule has 0 spiro atoms. The van der Waals surface area contributed by atoms with Crippen molar-refractivity contribution in [3.05, 3.63) is 59.4 Å². The normalized spacial score (nSPS) is 17.3. The Morgan fingerprint density at radius 1 is 1.04 bits per heavy atom. The molecule has 1 atom stereocenters. The van der Waals surface area contributed by atoms with Crippen LogP contribution in [0.2, 0.25) is 0 Å². The zero-order chi connectivity index (χ0) is 18.5. The van der Waals surface area contributed by atoms with E-state index in [1.54, 1.807) is 11.3 Å². The Hall–Kier alpha value is -2.11. The Morgan fingerprint density at radius 3 is 2.59 bits per heavy atom. The van der Waals surface area contributed by atoms with E-state index in [1.165, 1.54) is 36.8 Å². The van der Waals surface area contributed by atoms with Gasteiger partial charge in [0.2, 0.25) is 0 Å². The predicted molar refractivity (Wildman–Crippen MR) is 110 cm³/mol. The number of ether oxygens (including phenoxy) is 1. The summed E-state index contributed by atoms with van der Waals surface area (Å²) in [5, 5.41) is 10.6. The topological polar surface area (TPSA) is 46.8 Å². The van der Waals surface area contributed by atoms with E-state index in [0.717, 1.165) is 16.1 Å². The van der Waals surface area contributed by atoms with E-state index in [-0.39, 0.29) is 6.61 Å². The van der Waals surface area contributed by atoms with Crippen LogP contribution in [0.5, 0.6) is 5.75 Å². The maximum Gasteiger partial charge on any atom is 0.186 e. The average molecular weight is 383 g/mol. The smallest absolute Gasteiger partial charge is 0.186 e. The van der Waals surface area contributed by atoms with E-state index in [1.807, 2.05) is 36.4 Å². The summed E-state index contributed by atoms with van der Waals surface area (Å²) in [6.45, 7) is 0.756. The van der Waals surface area contributed by atoms with E-state index >= 15 is 0 Å². The first-order chi connectivity index (χ1) is 13.3. The molecule has 1 aliphatic carbocycles. The van der Waals surface area contributed by atoms with Crippen LogP contribution in [0.25, 0.3) is 10.2 Å². The Kier molecular flexibility index (Phi) is 5.90. The minimum Gasteiger partial charge on any atom is -0.491 e. The number of fused-ring (bicyclic) bond motifs is 1. The van der Waals surface area contributed by atoms with Crippen LogP contribution >= 0.6 is 11.3 Å². The van der Waals surface area contributed by atoms with Crippen molar-refractivity contribution in [3.63, 3.8) is 0 Å². The largest absolute Gasteiger partial charge is 0.491 e. The van der Waals surface area contributed by atoms with E-state index < -0.39 is 6.10 Å². The van der Waals surface area contributed by atoms with Gasteiger partial charge in [0.1, 0.15) is 18.5 Å². The molecule has 4 rings (SSSR count). The third kappa shape index (κ3) is 4.60. The fourth-order valence-electron chi connectivity index (χ4n) is 3.63. The second kappa shape index (κ2) is 8.72. The lowest BCUT2D eigenvalue weighted by Gasteiger charge is -2.18. The molecule has 1 N–H and O–H groups in total. The number of aromatic nitrogens is 1. The summed E-state index contributed by atoms with van der Waals surface area (Å²) >= 11 is 1.72. The van der Waals surface area contributed by atoms with E-state index in [0.29, 0.717) is 12.6 Å². The van der Waals surface area contributed by atoms with Crippen LogP contribution in [0.4, 0.5) is 0 Å². The molecule has 0 aliphatic heterocycles. The quantitative estimate of drug-likeness (QED) is 0.688. The zero-order valence-electron chi connectivity index (χ0n) is 15.5. The molecule has 27 heavy (non-hydrogen) atoms. The van der Waals surface area contributed by atoms with Crippen LogP contribution in [-0.2, 0) is 6.54 Å². The number of nitrogens with zero attached hydrogens (tertiary/aromatic N) is 2. The van der Waals surface area contributed by atoms with Crippen molar-refractivity contribution in [2.75, 3.05) is 6.61 Å². The zero-order valence-corrected chi connectivity index (χ0v) is 16.3. The number of aliphatic hydroxyl groups is 1. The van der Waals surface area contributed by atoms with Crippen molar-refractivity contribution in [2.24, 2.45) is 4.99 Å². The van der Waals surface area contributed by atoms with Crippen molar-refractivity contribution in [3.8, 4) is 5.75 Å². The summed E-state index contributed by atoms with van der Waals surface area (Å²) in [5.74, 6) is 0.781. The lowest BCUT2D eigenvalue weighted by molar-refractivity contribution is 0.0928. The highest BCUT2D eigenvalue weighted by Gasteiger charge is 2.15. The third-order valence-corrected chi connectivity index (χ3v) is 6.11. The second-order valence-electron chi connectivity index (χ2n) is 7.16. The van der Waals surface area contributed by atoms with Crippen molar-refractivity contribution in [1.82, 2.24) is 4.57 Å². The number of rotatable bonds is 6. The molecule has 0 unspecified atom stereocenters. The molecule has 4 nitrogen and oxygen atoms in total. The van der Waals surface area contributed by atoms with Crippen LogP contribution in [0.15, 0.2) is 59.6 Å². The number of benzene rings is 2. The van der Waals surface area contributed by atoms with E-state index in [9.17, 15) is 5.11 Å². The maximum atomic E-state index is 10.6. The molecule has 5 heteroatoms. The van der Waals surface area contributed by atoms with Gasteiger partial charge in [-0.3, -0.25) is 4.99 Å². The molecule has 1 aliphatic rings. The monoisotopic (exact) mass is 382 g/mol. The molecule has 1 aromatic heterocycles. The highest BCUT2D eigenvalue weighted by molar-refractivity contribution is 7.16.